The fourth-order valence-electron chi connectivity index (χ4n) is 3.22. The topological polar surface area (TPSA) is 87.7 Å². The molecule has 0 aliphatic carbocycles. The average Bonchev–Trinajstić information content (AvgIpc) is 2.59. The van der Waals surface area contributed by atoms with Crippen molar-refractivity contribution in [3.8, 4) is 0 Å². The van der Waals surface area contributed by atoms with E-state index in [-0.39, 0.29) is 28.8 Å². The first-order valence-corrected chi connectivity index (χ1v) is 9.73. The number of likely N-dealkylation sites (tertiary alicyclic amines) is 1. The third-order valence-corrected chi connectivity index (χ3v) is 4.97. The van der Waals surface area contributed by atoms with Crippen molar-refractivity contribution in [1.29, 1.82) is 0 Å². The molecule has 1 fully saturated rings. The highest BCUT2D eigenvalue weighted by atomic mass is 35.5. The van der Waals surface area contributed by atoms with Gasteiger partial charge in [-0.1, -0.05) is 11.6 Å². The molecule has 3 amide bonds. The van der Waals surface area contributed by atoms with E-state index in [0.29, 0.717) is 24.2 Å². The van der Waals surface area contributed by atoms with E-state index in [1.54, 1.807) is 23.1 Å². The first-order chi connectivity index (χ1) is 13.0. The summed E-state index contributed by atoms with van der Waals surface area (Å²) in [6, 6.07) is 4.45. The predicted octanol–water partition coefficient (Wildman–Crippen LogP) is 3.67. The number of piperidine rings is 1. The Hall–Kier alpha value is -2.28. The van der Waals surface area contributed by atoms with Gasteiger partial charge in [0.15, 0.2) is 0 Å². The van der Waals surface area contributed by atoms with E-state index in [1.165, 1.54) is 7.05 Å². The number of halogens is 1. The fraction of sp³-hybridized carbons (Fsp3) is 0.550. The summed E-state index contributed by atoms with van der Waals surface area (Å²) in [5.74, 6) is -0.847. The number of amides is 3. The van der Waals surface area contributed by atoms with Crippen molar-refractivity contribution in [1.82, 2.24) is 10.2 Å². The van der Waals surface area contributed by atoms with Gasteiger partial charge in [0.2, 0.25) is 5.91 Å². The van der Waals surface area contributed by atoms with Crippen LogP contribution in [-0.2, 0) is 9.53 Å². The van der Waals surface area contributed by atoms with E-state index >= 15 is 0 Å². The van der Waals surface area contributed by atoms with Gasteiger partial charge in [-0.2, -0.15) is 0 Å². The molecule has 1 heterocycles. The third-order valence-electron chi connectivity index (χ3n) is 4.66. The van der Waals surface area contributed by atoms with Crippen molar-refractivity contribution in [3.05, 3.63) is 28.8 Å². The monoisotopic (exact) mass is 409 g/mol. The van der Waals surface area contributed by atoms with Crippen LogP contribution in [0.5, 0.6) is 0 Å². The van der Waals surface area contributed by atoms with Crippen molar-refractivity contribution >= 4 is 35.2 Å². The molecule has 1 saturated heterocycles. The number of hydrogen-bond donors (Lipinski definition) is 2. The number of benzene rings is 1. The van der Waals surface area contributed by atoms with Crippen molar-refractivity contribution in [3.63, 3.8) is 0 Å². The standard InChI is InChI=1S/C20H28ClN3O4/c1-12-14(7-6-10-24(12)19(27)28-20(2,3)4)18(26)23-13-8-9-15(16(21)11-13)17(25)22-5/h8-9,11-12,14H,6-7,10H2,1-5H3,(H,22,25)(H,23,26)/t12-,14+/m1/s1. The molecule has 0 spiro atoms. The molecule has 154 valence electrons. The molecule has 1 aliphatic heterocycles. The van der Waals surface area contributed by atoms with Crippen molar-refractivity contribution in [2.24, 2.45) is 5.92 Å². The Morgan fingerprint density at radius 2 is 1.93 bits per heavy atom. The van der Waals surface area contributed by atoms with Gasteiger partial charge in [0.1, 0.15) is 5.60 Å². The smallest absolute Gasteiger partial charge is 0.410 e. The lowest BCUT2D eigenvalue weighted by Crippen LogP contribution is -2.51. The Labute approximate surface area is 170 Å². The summed E-state index contributed by atoms with van der Waals surface area (Å²) in [6.07, 6.45) is 0.990. The summed E-state index contributed by atoms with van der Waals surface area (Å²) >= 11 is 6.15. The molecule has 2 atom stereocenters. The van der Waals surface area contributed by atoms with Crippen molar-refractivity contribution in [2.75, 3.05) is 18.9 Å². The summed E-state index contributed by atoms with van der Waals surface area (Å²) in [6.45, 7) is 7.86. The Morgan fingerprint density at radius 1 is 1.25 bits per heavy atom. The number of carbonyl (C=O) groups is 3. The molecule has 2 N–H and O–H groups in total. The predicted molar refractivity (Wildman–Crippen MR) is 109 cm³/mol. The second-order valence-corrected chi connectivity index (χ2v) is 8.33. The van der Waals surface area contributed by atoms with E-state index in [0.717, 1.165) is 6.42 Å². The minimum atomic E-state index is -0.588. The number of rotatable bonds is 3. The van der Waals surface area contributed by atoms with E-state index in [4.69, 9.17) is 16.3 Å². The maximum absolute atomic E-state index is 12.8. The van der Waals surface area contributed by atoms with Crippen LogP contribution in [0.25, 0.3) is 0 Å². The summed E-state index contributed by atoms with van der Waals surface area (Å²) in [7, 11) is 1.52. The summed E-state index contributed by atoms with van der Waals surface area (Å²) in [5.41, 5.74) is 0.253. The maximum atomic E-state index is 12.8. The van der Waals surface area contributed by atoms with Gasteiger partial charge in [-0.15, -0.1) is 0 Å². The van der Waals surface area contributed by atoms with Crippen LogP contribution in [0.2, 0.25) is 5.02 Å². The number of carbonyl (C=O) groups excluding carboxylic acids is 3. The SMILES string of the molecule is CNC(=O)c1ccc(NC(=O)[C@H]2CCCN(C(=O)OC(C)(C)C)[C@@H]2C)cc1Cl. The first kappa shape index (κ1) is 22.0. The minimum Gasteiger partial charge on any atom is -0.444 e. The summed E-state index contributed by atoms with van der Waals surface area (Å²) < 4.78 is 5.46. The van der Waals surface area contributed by atoms with Gasteiger partial charge < -0.3 is 20.3 Å². The normalized spacial score (nSPS) is 19.7. The molecule has 28 heavy (non-hydrogen) atoms. The lowest BCUT2D eigenvalue weighted by molar-refractivity contribution is -0.123. The lowest BCUT2D eigenvalue weighted by atomic mass is 9.89. The number of anilines is 1. The quantitative estimate of drug-likeness (QED) is 0.797. The highest BCUT2D eigenvalue weighted by Crippen LogP contribution is 2.28. The van der Waals surface area contributed by atoms with Crippen LogP contribution in [0.4, 0.5) is 10.5 Å². The summed E-state index contributed by atoms with van der Waals surface area (Å²) in [5, 5.41) is 5.61. The second kappa shape index (κ2) is 8.82. The van der Waals surface area contributed by atoms with Crippen LogP contribution in [0, 0.1) is 5.92 Å². The molecule has 8 heteroatoms. The van der Waals surface area contributed by atoms with Gasteiger partial charge in [-0.3, -0.25) is 9.59 Å². The Kier molecular flexibility index (Phi) is 6.93. The van der Waals surface area contributed by atoms with Crippen LogP contribution < -0.4 is 10.6 Å². The summed E-state index contributed by atoms with van der Waals surface area (Å²) in [4.78, 5) is 38.6. The van der Waals surface area contributed by atoms with E-state index in [9.17, 15) is 14.4 Å². The molecule has 0 bridgehead atoms. The van der Waals surface area contributed by atoms with Gasteiger partial charge in [0.05, 0.1) is 16.5 Å². The minimum absolute atomic E-state index is 0.190. The van der Waals surface area contributed by atoms with E-state index in [1.807, 2.05) is 27.7 Å². The third kappa shape index (κ3) is 5.38. The van der Waals surface area contributed by atoms with Crippen molar-refractivity contribution < 1.29 is 19.1 Å². The number of hydrogen-bond acceptors (Lipinski definition) is 4. The van der Waals surface area contributed by atoms with Gasteiger partial charge >= 0.3 is 6.09 Å². The molecule has 0 unspecified atom stereocenters. The zero-order valence-electron chi connectivity index (χ0n) is 17.0. The highest BCUT2D eigenvalue weighted by Gasteiger charge is 2.37. The maximum Gasteiger partial charge on any atom is 0.410 e. The van der Waals surface area contributed by atoms with E-state index < -0.39 is 11.7 Å². The molecule has 0 aromatic heterocycles. The van der Waals surface area contributed by atoms with E-state index in [2.05, 4.69) is 10.6 Å². The molecule has 1 aromatic carbocycles. The van der Waals surface area contributed by atoms with Gasteiger partial charge in [-0.05, 0) is 58.7 Å². The Balaban J connectivity index is 2.08. The van der Waals surface area contributed by atoms with Crippen LogP contribution in [0.3, 0.4) is 0 Å². The molecule has 1 aliphatic rings. The van der Waals surface area contributed by atoms with Gasteiger partial charge in [0.25, 0.3) is 5.91 Å². The number of nitrogens with zero attached hydrogens (tertiary/aromatic N) is 1. The van der Waals surface area contributed by atoms with Gasteiger partial charge in [-0.25, -0.2) is 4.79 Å². The number of ether oxygens (including phenoxy) is 1. The fourth-order valence-corrected chi connectivity index (χ4v) is 3.48. The molecule has 2 rings (SSSR count). The molecular weight excluding hydrogens is 382 g/mol. The second-order valence-electron chi connectivity index (χ2n) is 7.93. The largest absolute Gasteiger partial charge is 0.444 e. The lowest BCUT2D eigenvalue weighted by Gasteiger charge is -2.39. The average molecular weight is 410 g/mol. The Morgan fingerprint density at radius 3 is 2.50 bits per heavy atom. The molecule has 0 radical (unpaired) electrons. The van der Waals surface area contributed by atoms with Crippen LogP contribution in [-0.4, -0.2) is 48.0 Å². The highest BCUT2D eigenvalue weighted by molar-refractivity contribution is 6.34. The van der Waals surface area contributed by atoms with Crippen LogP contribution in [0.1, 0.15) is 50.9 Å². The first-order valence-electron chi connectivity index (χ1n) is 9.35. The molecule has 7 nitrogen and oxygen atoms in total. The van der Waals surface area contributed by atoms with Crippen LogP contribution in [0.15, 0.2) is 18.2 Å². The molecule has 1 aromatic rings. The number of nitrogens with one attached hydrogen (secondary N) is 2. The molecular formula is C20H28ClN3O4. The van der Waals surface area contributed by atoms with Gasteiger partial charge in [0, 0.05) is 25.3 Å². The molecule has 0 saturated carbocycles. The van der Waals surface area contributed by atoms with Crippen LogP contribution >= 0.6 is 11.6 Å². The van der Waals surface area contributed by atoms with Crippen molar-refractivity contribution in [2.45, 2.75) is 52.2 Å². The Bertz CT molecular complexity index is 760. The zero-order valence-corrected chi connectivity index (χ0v) is 17.7. The zero-order chi connectivity index (χ0) is 21.1.